The summed E-state index contributed by atoms with van der Waals surface area (Å²) in [5.41, 5.74) is 1.35. The summed E-state index contributed by atoms with van der Waals surface area (Å²) < 4.78 is 7.15. The highest BCUT2D eigenvalue weighted by atomic mass is 35.5. The van der Waals surface area contributed by atoms with E-state index in [0.29, 0.717) is 40.1 Å². The molecule has 0 spiro atoms. The second kappa shape index (κ2) is 10.1. The summed E-state index contributed by atoms with van der Waals surface area (Å²) in [5.74, 6) is 0.0717. The molecule has 0 aliphatic carbocycles. The van der Waals surface area contributed by atoms with E-state index in [0.717, 1.165) is 12.0 Å². The number of amides is 1. The number of carbonyl (C=O) groups excluding carboxylic acids is 1. The molecular formula is C19H20ClN3O3S2. The van der Waals surface area contributed by atoms with Gasteiger partial charge in [-0.25, -0.2) is 4.98 Å². The third kappa shape index (κ3) is 5.14. The minimum absolute atomic E-state index is 0.106. The van der Waals surface area contributed by atoms with Gasteiger partial charge in [0.2, 0.25) is 5.91 Å². The Morgan fingerprint density at radius 2 is 2.18 bits per heavy atom. The first-order valence-corrected chi connectivity index (χ1v) is 10.9. The number of ether oxygens (including phenoxy) is 1. The summed E-state index contributed by atoms with van der Waals surface area (Å²) in [7, 11) is 1.63. The van der Waals surface area contributed by atoms with Crippen molar-refractivity contribution in [2.24, 2.45) is 0 Å². The number of carbonyl (C=O) groups is 1. The molecule has 2 heterocycles. The molecule has 0 saturated carbocycles. The van der Waals surface area contributed by atoms with E-state index in [-0.39, 0.29) is 17.2 Å². The molecule has 0 fully saturated rings. The van der Waals surface area contributed by atoms with Crippen LogP contribution in [-0.2, 0) is 16.1 Å². The zero-order valence-corrected chi connectivity index (χ0v) is 17.7. The Morgan fingerprint density at radius 3 is 2.96 bits per heavy atom. The quantitative estimate of drug-likeness (QED) is 0.315. The summed E-state index contributed by atoms with van der Waals surface area (Å²) >= 11 is 8.88. The van der Waals surface area contributed by atoms with Gasteiger partial charge < -0.3 is 10.1 Å². The second-order valence-corrected chi connectivity index (χ2v) is 8.26. The van der Waals surface area contributed by atoms with Gasteiger partial charge >= 0.3 is 0 Å². The molecule has 0 aliphatic heterocycles. The predicted molar refractivity (Wildman–Crippen MR) is 115 cm³/mol. The number of hydrogen-bond donors (Lipinski definition) is 1. The van der Waals surface area contributed by atoms with Crippen LogP contribution in [0.2, 0.25) is 5.02 Å². The van der Waals surface area contributed by atoms with Gasteiger partial charge in [-0.05, 0) is 29.5 Å². The minimum Gasteiger partial charge on any atom is -0.385 e. The van der Waals surface area contributed by atoms with Crippen LogP contribution in [0.4, 0.5) is 0 Å². The number of thioether (sulfide) groups is 1. The van der Waals surface area contributed by atoms with Gasteiger partial charge in [-0.2, -0.15) is 0 Å². The van der Waals surface area contributed by atoms with Crippen molar-refractivity contribution in [1.29, 1.82) is 0 Å². The molecule has 0 atom stereocenters. The van der Waals surface area contributed by atoms with Crippen molar-refractivity contribution >= 4 is 50.8 Å². The number of nitrogens with zero attached hydrogens (tertiary/aromatic N) is 2. The molecule has 0 saturated heterocycles. The smallest absolute Gasteiger partial charge is 0.272 e. The van der Waals surface area contributed by atoms with Crippen LogP contribution in [0.3, 0.4) is 0 Å². The van der Waals surface area contributed by atoms with Gasteiger partial charge in [0.1, 0.15) is 4.70 Å². The Labute approximate surface area is 175 Å². The van der Waals surface area contributed by atoms with Gasteiger partial charge in [0.15, 0.2) is 5.16 Å². The molecule has 28 heavy (non-hydrogen) atoms. The second-order valence-electron chi connectivity index (χ2n) is 6.00. The van der Waals surface area contributed by atoms with Crippen molar-refractivity contribution in [1.82, 2.24) is 14.9 Å². The summed E-state index contributed by atoms with van der Waals surface area (Å²) in [6.45, 7) is 1.45. The van der Waals surface area contributed by atoms with Gasteiger partial charge in [-0.15, -0.1) is 11.3 Å². The molecule has 148 valence electrons. The van der Waals surface area contributed by atoms with Crippen molar-refractivity contribution in [2.75, 3.05) is 26.0 Å². The van der Waals surface area contributed by atoms with Crippen LogP contribution in [0.25, 0.3) is 10.2 Å². The fraction of sp³-hybridized carbons (Fsp3) is 0.316. The predicted octanol–water partition coefficient (Wildman–Crippen LogP) is 3.40. The van der Waals surface area contributed by atoms with Crippen molar-refractivity contribution in [2.45, 2.75) is 18.1 Å². The average Bonchev–Trinajstić information content (AvgIpc) is 3.16. The lowest BCUT2D eigenvalue weighted by Gasteiger charge is -2.13. The van der Waals surface area contributed by atoms with Gasteiger partial charge in [0.05, 0.1) is 17.8 Å². The molecular weight excluding hydrogens is 418 g/mol. The van der Waals surface area contributed by atoms with E-state index in [4.69, 9.17) is 16.3 Å². The van der Waals surface area contributed by atoms with Crippen LogP contribution >= 0.6 is 34.7 Å². The zero-order valence-electron chi connectivity index (χ0n) is 15.3. The van der Waals surface area contributed by atoms with E-state index >= 15 is 0 Å². The maximum absolute atomic E-state index is 13.0. The summed E-state index contributed by atoms with van der Waals surface area (Å²) in [6.07, 6.45) is 0.753. The molecule has 3 rings (SSSR count). The maximum atomic E-state index is 13.0. The van der Waals surface area contributed by atoms with Gasteiger partial charge in [-0.1, -0.05) is 41.6 Å². The number of thiophene rings is 1. The third-order valence-corrected chi connectivity index (χ3v) is 6.23. The molecule has 3 aromatic rings. The van der Waals surface area contributed by atoms with E-state index in [9.17, 15) is 9.59 Å². The van der Waals surface area contributed by atoms with E-state index < -0.39 is 0 Å². The van der Waals surface area contributed by atoms with Gasteiger partial charge in [0.25, 0.3) is 5.56 Å². The molecule has 9 heteroatoms. The van der Waals surface area contributed by atoms with Gasteiger partial charge in [-0.3, -0.25) is 14.2 Å². The molecule has 6 nitrogen and oxygen atoms in total. The number of benzene rings is 1. The summed E-state index contributed by atoms with van der Waals surface area (Å²) in [4.78, 5) is 29.7. The van der Waals surface area contributed by atoms with Gasteiger partial charge in [0, 0.05) is 25.3 Å². The number of nitrogens with one attached hydrogen (secondary N) is 1. The van der Waals surface area contributed by atoms with Crippen molar-refractivity contribution in [3.8, 4) is 0 Å². The van der Waals surface area contributed by atoms with E-state index in [2.05, 4.69) is 10.3 Å². The summed E-state index contributed by atoms with van der Waals surface area (Å²) in [6, 6.07) is 9.21. The van der Waals surface area contributed by atoms with Crippen LogP contribution in [0.5, 0.6) is 0 Å². The highest BCUT2D eigenvalue weighted by molar-refractivity contribution is 7.99. The monoisotopic (exact) mass is 437 g/mol. The van der Waals surface area contributed by atoms with Crippen LogP contribution in [-0.4, -0.2) is 41.5 Å². The lowest BCUT2D eigenvalue weighted by molar-refractivity contribution is -0.118. The highest BCUT2D eigenvalue weighted by Crippen LogP contribution is 2.23. The Hall–Kier alpha value is -1.87. The molecule has 2 aromatic heterocycles. The van der Waals surface area contributed by atoms with Crippen LogP contribution in [0, 0.1) is 0 Å². The molecule has 0 unspecified atom stereocenters. The lowest BCUT2D eigenvalue weighted by Crippen LogP contribution is -2.28. The van der Waals surface area contributed by atoms with E-state index in [1.165, 1.54) is 23.1 Å². The van der Waals surface area contributed by atoms with Crippen LogP contribution < -0.4 is 10.9 Å². The highest BCUT2D eigenvalue weighted by Gasteiger charge is 2.15. The molecule has 0 bridgehead atoms. The Morgan fingerprint density at radius 1 is 1.36 bits per heavy atom. The normalized spacial score (nSPS) is 11.1. The summed E-state index contributed by atoms with van der Waals surface area (Å²) in [5, 5.41) is 5.77. The van der Waals surface area contributed by atoms with Crippen molar-refractivity contribution in [3.63, 3.8) is 0 Å². The van der Waals surface area contributed by atoms with Crippen LogP contribution in [0.1, 0.15) is 12.0 Å². The minimum atomic E-state index is -0.122. The zero-order chi connectivity index (χ0) is 19.9. The van der Waals surface area contributed by atoms with Crippen molar-refractivity contribution < 1.29 is 9.53 Å². The standard InChI is InChI=1S/C19H20ClN3O3S2/c1-26-9-4-8-21-16(24)12-28-19-22-15-7-10-27-17(15)18(25)23(19)11-13-5-2-3-6-14(13)20/h2-3,5-7,10H,4,8-9,11-12H2,1H3,(H,21,24). The molecule has 1 aromatic carbocycles. The number of fused-ring (bicyclic) bond motifs is 1. The number of halogens is 1. The third-order valence-electron chi connectivity index (χ3n) is 4.00. The first-order valence-electron chi connectivity index (χ1n) is 8.70. The van der Waals surface area contributed by atoms with Crippen molar-refractivity contribution in [3.05, 3.63) is 56.7 Å². The number of hydrogen-bond acceptors (Lipinski definition) is 6. The van der Waals surface area contributed by atoms with E-state index in [1.807, 2.05) is 29.6 Å². The average molecular weight is 438 g/mol. The first-order chi connectivity index (χ1) is 13.6. The Bertz CT molecular complexity index is 1020. The van der Waals surface area contributed by atoms with Crippen LogP contribution in [0.15, 0.2) is 45.7 Å². The number of rotatable bonds is 9. The fourth-order valence-corrected chi connectivity index (χ4v) is 4.40. The molecule has 0 aliphatic rings. The molecule has 1 N–H and O–H groups in total. The first kappa shape index (κ1) is 20.9. The molecule has 0 radical (unpaired) electrons. The fourth-order valence-electron chi connectivity index (χ4n) is 2.60. The largest absolute Gasteiger partial charge is 0.385 e. The topological polar surface area (TPSA) is 73.2 Å². The lowest BCUT2D eigenvalue weighted by atomic mass is 10.2. The molecule has 1 amide bonds. The Kier molecular flexibility index (Phi) is 7.50. The maximum Gasteiger partial charge on any atom is 0.272 e. The number of methoxy groups -OCH3 is 1. The number of aromatic nitrogens is 2. The van der Waals surface area contributed by atoms with E-state index in [1.54, 1.807) is 17.7 Å². The SMILES string of the molecule is COCCCNC(=O)CSc1nc2ccsc2c(=O)n1Cc1ccccc1Cl. The Balaban J connectivity index is 1.81.